The molecule has 0 rings (SSSR count). The van der Waals surface area contributed by atoms with Gasteiger partial charge in [-0.2, -0.15) is 13.2 Å². The largest absolute Gasteiger partial charge is 0.413 e. The van der Waals surface area contributed by atoms with Crippen LogP contribution in [-0.2, 0) is 4.84 Å². The van der Waals surface area contributed by atoms with E-state index in [2.05, 4.69) is 17.2 Å². The first-order valence-electron chi connectivity index (χ1n) is 5.97. The van der Waals surface area contributed by atoms with Gasteiger partial charge in [-0.3, -0.25) is 4.84 Å². The first kappa shape index (κ1) is 15.7. The van der Waals surface area contributed by atoms with Gasteiger partial charge in [0.15, 0.2) is 6.61 Å². The van der Waals surface area contributed by atoms with E-state index in [9.17, 15) is 13.2 Å². The summed E-state index contributed by atoms with van der Waals surface area (Å²) in [5, 5.41) is 0. The van der Waals surface area contributed by atoms with E-state index in [1.54, 1.807) is 0 Å². The second-order valence-corrected chi connectivity index (χ2v) is 3.92. The van der Waals surface area contributed by atoms with E-state index in [0.717, 1.165) is 19.3 Å². The van der Waals surface area contributed by atoms with Crippen molar-refractivity contribution in [3.8, 4) is 0 Å². The lowest BCUT2D eigenvalue weighted by Crippen LogP contribution is -2.25. The molecule has 0 aliphatic rings. The monoisotopic (exact) mass is 241 g/mol. The van der Waals surface area contributed by atoms with Crippen molar-refractivity contribution in [1.29, 1.82) is 0 Å². The Morgan fingerprint density at radius 1 is 0.938 bits per heavy atom. The third-order valence-corrected chi connectivity index (χ3v) is 2.22. The normalized spacial score (nSPS) is 12.0. The van der Waals surface area contributed by atoms with E-state index in [1.165, 1.54) is 25.7 Å². The maximum absolute atomic E-state index is 11.6. The van der Waals surface area contributed by atoms with Gasteiger partial charge in [0.2, 0.25) is 0 Å². The molecule has 0 aromatic carbocycles. The average molecular weight is 241 g/mol. The molecule has 0 radical (unpaired) electrons. The lowest BCUT2D eigenvalue weighted by molar-refractivity contribution is -0.189. The van der Waals surface area contributed by atoms with Crippen molar-refractivity contribution >= 4 is 0 Å². The number of halogens is 3. The third kappa shape index (κ3) is 13.7. The molecule has 0 unspecified atom stereocenters. The van der Waals surface area contributed by atoms with Crippen LogP contribution in [0.25, 0.3) is 0 Å². The zero-order valence-corrected chi connectivity index (χ0v) is 9.91. The molecule has 0 saturated carbocycles. The summed E-state index contributed by atoms with van der Waals surface area (Å²) in [5.41, 5.74) is 2.32. The smallest absolute Gasteiger partial charge is 0.292 e. The van der Waals surface area contributed by atoms with Crippen LogP contribution in [0, 0.1) is 0 Å². The first-order valence-corrected chi connectivity index (χ1v) is 5.97. The summed E-state index contributed by atoms with van der Waals surface area (Å²) in [6, 6.07) is 0. The molecule has 0 amide bonds. The quantitative estimate of drug-likeness (QED) is 0.463. The fourth-order valence-electron chi connectivity index (χ4n) is 1.36. The summed E-state index contributed by atoms with van der Waals surface area (Å²) < 4.78 is 34.9. The molecule has 0 saturated heterocycles. The Morgan fingerprint density at radius 2 is 1.50 bits per heavy atom. The number of hydroxylamine groups is 1. The highest BCUT2D eigenvalue weighted by molar-refractivity contribution is 4.47. The van der Waals surface area contributed by atoms with Crippen LogP contribution in [0.1, 0.15) is 51.9 Å². The topological polar surface area (TPSA) is 21.3 Å². The van der Waals surface area contributed by atoms with E-state index in [1.807, 2.05) is 0 Å². The summed E-state index contributed by atoms with van der Waals surface area (Å²) in [7, 11) is 0. The Balaban J connectivity index is 2.99. The molecule has 0 atom stereocenters. The van der Waals surface area contributed by atoms with Crippen LogP contribution >= 0.6 is 0 Å². The van der Waals surface area contributed by atoms with Gasteiger partial charge in [0.05, 0.1) is 0 Å². The number of hydrogen-bond acceptors (Lipinski definition) is 2. The van der Waals surface area contributed by atoms with Gasteiger partial charge in [-0.05, 0) is 6.42 Å². The van der Waals surface area contributed by atoms with Crippen molar-refractivity contribution in [1.82, 2.24) is 5.48 Å². The minimum absolute atomic E-state index is 0.490. The lowest BCUT2D eigenvalue weighted by Gasteiger charge is -2.08. The molecule has 0 aromatic heterocycles. The van der Waals surface area contributed by atoms with E-state index >= 15 is 0 Å². The van der Waals surface area contributed by atoms with Crippen molar-refractivity contribution in [3.63, 3.8) is 0 Å². The van der Waals surface area contributed by atoms with Crippen LogP contribution in [0.15, 0.2) is 0 Å². The van der Waals surface area contributed by atoms with Crippen molar-refractivity contribution in [3.05, 3.63) is 0 Å². The molecule has 16 heavy (non-hydrogen) atoms. The highest BCUT2D eigenvalue weighted by atomic mass is 19.4. The van der Waals surface area contributed by atoms with E-state index in [-0.39, 0.29) is 0 Å². The van der Waals surface area contributed by atoms with E-state index < -0.39 is 12.8 Å². The molecular weight excluding hydrogens is 219 g/mol. The molecule has 0 heterocycles. The molecule has 2 nitrogen and oxygen atoms in total. The molecule has 5 heteroatoms. The molecule has 0 aromatic rings. The second kappa shape index (κ2) is 9.90. The van der Waals surface area contributed by atoms with Crippen molar-refractivity contribution in [2.24, 2.45) is 0 Å². The molecule has 0 spiro atoms. The second-order valence-electron chi connectivity index (χ2n) is 3.92. The molecule has 0 bridgehead atoms. The Kier molecular flexibility index (Phi) is 9.72. The minimum atomic E-state index is -4.24. The Morgan fingerprint density at radius 3 is 2.06 bits per heavy atom. The Labute approximate surface area is 95.5 Å². The van der Waals surface area contributed by atoms with E-state index in [4.69, 9.17) is 0 Å². The fourth-order valence-corrected chi connectivity index (χ4v) is 1.36. The highest BCUT2D eigenvalue weighted by Crippen LogP contribution is 2.13. The fraction of sp³-hybridized carbons (Fsp3) is 1.00. The number of unbranched alkanes of at least 4 members (excludes halogenated alkanes) is 6. The van der Waals surface area contributed by atoms with Gasteiger partial charge in [-0.1, -0.05) is 45.4 Å². The van der Waals surface area contributed by atoms with Crippen LogP contribution in [0.5, 0.6) is 0 Å². The number of nitrogens with one attached hydrogen (secondary N) is 1. The van der Waals surface area contributed by atoms with Crippen molar-refractivity contribution < 1.29 is 18.0 Å². The average Bonchev–Trinajstić information content (AvgIpc) is 2.19. The molecule has 98 valence electrons. The van der Waals surface area contributed by atoms with Crippen LogP contribution in [0.3, 0.4) is 0 Å². The van der Waals surface area contributed by atoms with E-state index in [0.29, 0.717) is 6.54 Å². The van der Waals surface area contributed by atoms with Crippen LogP contribution in [0.4, 0.5) is 13.2 Å². The molecule has 0 aliphatic carbocycles. The molecular formula is C11H22F3NO. The van der Waals surface area contributed by atoms with Gasteiger partial charge < -0.3 is 0 Å². The maximum atomic E-state index is 11.6. The van der Waals surface area contributed by atoms with Crippen LogP contribution < -0.4 is 5.48 Å². The van der Waals surface area contributed by atoms with Gasteiger partial charge in [0, 0.05) is 6.54 Å². The SMILES string of the molecule is CCCCCCCCCNOCC(F)(F)F. The number of rotatable bonds is 10. The summed E-state index contributed by atoms with van der Waals surface area (Å²) in [4.78, 5) is 4.27. The van der Waals surface area contributed by atoms with Gasteiger partial charge in [-0.25, -0.2) is 5.48 Å². The van der Waals surface area contributed by atoms with Gasteiger partial charge in [0.25, 0.3) is 0 Å². The lowest BCUT2D eigenvalue weighted by atomic mass is 10.1. The minimum Gasteiger partial charge on any atom is -0.292 e. The zero-order valence-electron chi connectivity index (χ0n) is 9.91. The summed E-state index contributed by atoms with van der Waals surface area (Å²) >= 11 is 0. The number of hydrogen-bond donors (Lipinski definition) is 1. The van der Waals surface area contributed by atoms with Gasteiger partial charge in [0.1, 0.15) is 0 Å². The first-order chi connectivity index (χ1) is 7.56. The van der Waals surface area contributed by atoms with Gasteiger partial charge in [-0.15, -0.1) is 0 Å². The number of alkyl halides is 3. The summed E-state index contributed by atoms with van der Waals surface area (Å²) in [6.45, 7) is 1.44. The predicted molar refractivity (Wildman–Crippen MR) is 58.0 cm³/mol. The third-order valence-electron chi connectivity index (χ3n) is 2.22. The summed E-state index contributed by atoms with van der Waals surface area (Å²) in [6.07, 6.45) is 3.80. The summed E-state index contributed by atoms with van der Waals surface area (Å²) in [5.74, 6) is 0. The van der Waals surface area contributed by atoms with Crippen LogP contribution in [-0.4, -0.2) is 19.3 Å². The van der Waals surface area contributed by atoms with Crippen molar-refractivity contribution in [2.45, 2.75) is 58.0 Å². The Hall–Kier alpha value is -0.290. The Bertz CT molecular complexity index is 151. The van der Waals surface area contributed by atoms with Crippen LogP contribution in [0.2, 0.25) is 0 Å². The maximum Gasteiger partial charge on any atom is 0.413 e. The van der Waals surface area contributed by atoms with Crippen molar-refractivity contribution in [2.75, 3.05) is 13.2 Å². The molecule has 1 N–H and O–H groups in total. The predicted octanol–water partition coefficient (Wildman–Crippen LogP) is 3.82. The zero-order chi connectivity index (χ0) is 12.3. The molecule has 0 fully saturated rings. The highest BCUT2D eigenvalue weighted by Gasteiger charge is 2.27. The standard InChI is InChI=1S/C11H22F3NO/c1-2-3-4-5-6-7-8-9-15-16-10-11(12,13)14/h15H,2-10H2,1H3. The molecule has 0 aliphatic heterocycles. The van der Waals surface area contributed by atoms with Gasteiger partial charge >= 0.3 is 6.18 Å².